The lowest BCUT2D eigenvalue weighted by atomic mass is 9.90. The Kier molecular flexibility index (Phi) is 6.39. The van der Waals surface area contributed by atoms with Crippen LogP contribution in [0.1, 0.15) is 0 Å². The summed E-state index contributed by atoms with van der Waals surface area (Å²) in [5.41, 5.74) is 4.36. The molecule has 3 heterocycles. The van der Waals surface area contributed by atoms with E-state index in [1.165, 1.54) is 0 Å². The molecule has 0 bridgehead atoms. The highest BCUT2D eigenvalue weighted by Crippen LogP contribution is 2.47. The number of fused-ring (bicyclic) bond motifs is 3. The van der Waals surface area contributed by atoms with Crippen molar-refractivity contribution in [3.8, 4) is 22.6 Å². The molecule has 0 saturated carbocycles. The summed E-state index contributed by atoms with van der Waals surface area (Å²) in [6.07, 6.45) is 5.56. The van der Waals surface area contributed by atoms with Crippen molar-refractivity contribution < 1.29 is 4.57 Å². The van der Waals surface area contributed by atoms with Crippen molar-refractivity contribution in [3.05, 3.63) is 164 Å². The molecule has 50 heavy (non-hydrogen) atoms. The average molecular weight is 659 g/mol. The number of hydrogen-bond acceptors (Lipinski definition) is 5. The van der Waals surface area contributed by atoms with Crippen LogP contribution >= 0.6 is 7.14 Å². The van der Waals surface area contributed by atoms with Crippen molar-refractivity contribution in [2.75, 3.05) is 0 Å². The topological polar surface area (TPSA) is 68.6 Å². The molecule has 0 N–H and O–H groups in total. The maximum Gasteiger partial charge on any atom is 0.178 e. The molecular weight excluding hydrogens is 631 g/mol. The van der Waals surface area contributed by atoms with Gasteiger partial charge in [-0.15, -0.1) is 0 Å². The molecule has 7 aromatic carbocycles. The number of benzene rings is 7. The largest absolute Gasteiger partial charge is 0.309 e. The second kappa shape index (κ2) is 11.1. The van der Waals surface area contributed by atoms with E-state index >= 15 is 4.57 Å². The Hall–Kier alpha value is -6.29. The van der Waals surface area contributed by atoms with Gasteiger partial charge in [-0.05, 0) is 56.1 Å². The van der Waals surface area contributed by atoms with Gasteiger partial charge in [0.15, 0.2) is 13.0 Å². The zero-order chi connectivity index (χ0) is 33.2. The highest BCUT2D eigenvalue weighted by Gasteiger charge is 2.32. The highest BCUT2D eigenvalue weighted by atomic mass is 31.2. The Balaban J connectivity index is 1.13. The van der Waals surface area contributed by atoms with E-state index in [9.17, 15) is 0 Å². The first-order chi connectivity index (χ1) is 24.7. The van der Waals surface area contributed by atoms with E-state index in [0.717, 1.165) is 81.2 Å². The highest BCUT2D eigenvalue weighted by molar-refractivity contribution is 7.85. The van der Waals surface area contributed by atoms with E-state index < -0.39 is 7.14 Å². The zero-order valence-corrected chi connectivity index (χ0v) is 27.6. The molecule has 10 aromatic rings. The van der Waals surface area contributed by atoms with Gasteiger partial charge in [0.1, 0.15) is 5.69 Å². The molecule has 5 nitrogen and oxygen atoms in total. The summed E-state index contributed by atoms with van der Waals surface area (Å²) < 4.78 is 15.5. The maximum absolute atomic E-state index is 15.5. The summed E-state index contributed by atoms with van der Waals surface area (Å²) in [7, 11) is -3.20. The van der Waals surface area contributed by atoms with Crippen molar-refractivity contribution in [1.29, 1.82) is 0 Å². The van der Waals surface area contributed by atoms with Crippen LogP contribution in [0.25, 0.3) is 76.8 Å². The molecule has 6 heteroatoms. The molecule has 0 saturated heterocycles. The Bertz CT molecular complexity index is 2900. The fraction of sp³-hybridized carbons (Fsp3) is 0. The molecule has 3 aromatic heterocycles. The number of hydrogen-bond donors (Lipinski definition) is 0. The fourth-order valence-corrected chi connectivity index (χ4v) is 10.3. The van der Waals surface area contributed by atoms with Crippen LogP contribution < -0.4 is 15.9 Å². The van der Waals surface area contributed by atoms with Crippen molar-refractivity contribution in [2.45, 2.75) is 0 Å². The van der Waals surface area contributed by atoms with E-state index in [4.69, 9.17) is 15.0 Å². The summed E-state index contributed by atoms with van der Waals surface area (Å²) in [5.74, 6) is 0.559. The number of nitrogens with zero attached hydrogens (tertiary/aromatic N) is 4. The van der Waals surface area contributed by atoms with Gasteiger partial charge in [-0.25, -0.2) is 15.0 Å². The van der Waals surface area contributed by atoms with Crippen LogP contribution in [-0.2, 0) is 4.57 Å². The molecule has 0 atom stereocenters. The van der Waals surface area contributed by atoms with Crippen LogP contribution in [0.5, 0.6) is 0 Å². The molecular formula is C44H27N4OP. The first-order valence-electron chi connectivity index (χ1n) is 16.6. The van der Waals surface area contributed by atoms with Gasteiger partial charge in [0, 0.05) is 50.8 Å². The normalized spacial score (nSPS) is 12.1. The van der Waals surface area contributed by atoms with Gasteiger partial charge in [0.2, 0.25) is 0 Å². The Morgan fingerprint density at radius 1 is 0.460 bits per heavy atom. The molecule has 0 spiro atoms. The average Bonchev–Trinajstić information content (AvgIpc) is 3.20. The minimum Gasteiger partial charge on any atom is -0.309 e. The van der Waals surface area contributed by atoms with Crippen molar-refractivity contribution >= 4 is 77.2 Å². The standard InChI is InChI=1S/C44H27N4OP/c49-50(33-9-3-1-4-10-33,34-11-5-2-6-12-34)39-24-19-29-16-21-36-35(20-15-28-17-22-37(39)41(29)40(28)36)32-26-46-44(47-27-32)38-23-18-31-14-13-30-8-7-25-45-42(30)43(31)48-38/h1-27H. The number of aromatic nitrogens is 4. The third-order valence-electron chi connectivity index (χ3n) is 9.84. The smallest absolute Gasteiger partial charge is 0.178 e. The third kappa shape index (κ3) is 4.31. The summed E-state index contributed by atoms with van der Waals surface area (Å²) in [4.78, 5) is 19.1. The predicted molar refractivity (Wildman–Crippen MR) is 207 cm³/mol. The number of rotatable bonds is 5. The molecule has 0 radical (unpaired) electrons. The first-order valence-corrected chi connectivity index (χ1v) is 18.3. The zero-order valence-electron chi connectivity index (χ0n) is 26.7. The van der Waals surface area contributed by atoms with Crippen LogP contribution in [0.4, 0.5) is 0 Å². The van der Waals surface area contributed by atoms with E-state index in [0.29, 0.717) is 11.5 Å². The SMILES string of the molecule is O=P(c1ccccc1)(c1ccccc1)c1ccc2ccc3c(-c4cnc(-c5ccc6ccc7cccnc7c6n5)nc4)ccc4ccc1c2c43. The molecule has 0 aliphatic carbocycles. The van der Waals surface area contributed by atoms with Gasteiger partial charge in [0.05, 0.1) is 11.0 Å². The minimum atomic E-state index is -3.20. The van der Waals surface area contributed by atoms with Gasteiger partial charge in [0.25, 0.3) is 0 Å². The molecule has 0 unspecified atom stereocenters. The van der Waals surface area contributed by atoms with Gasteiger partial charge < -0.3 is 4.57 Å². The fourth-order valence-electron chi connectivity index (χ4n) is 7.46. The minimum absolute atomic E-state index is 0.559. The second-order valence-corrected chi connectivity index (χ2v) is 15.3. The Labute approximate surface area is 287 Å². The molecule has 0 fully saturated rings. The quantitative estimate of drug-likeness (QED) is 0.136. The van der Waals surface area contributed by atoms with E-state index in [2.05, 4.69) is 65.6 Å². The lowest BCUT2D eigenvalue weighted by molar-refractivity contribution is 0.592. The van der Waals surface area contributed by atoms with E-state index in [-0.39, 0.29) is 0 Å². The summed E-state index contributed by atoms with van der Waals surface area (Å²) in [6, 6.07) is 49.0. The van der Waals surface area contributed by atoms with Gasteiger partial charge in [-0.1, -0.05) is 127 Å². The predicted octanol–water partition coefficient (Wildman–Crippen LogP) is 9.44. The van der Waals surface area contributed by atoms with Crippen molar-refractivity contribution in [1.82, 2.24) is 19.9 Å². The van der Waals surface area contributed by atoms with E-state index in [1.807, 2.05) is 97.3 Å². The van der Waals surface area contributed by atoms with Crippen molar-refractivity contribution in [3.63, 3.8) is 0 Å². The molecule has 0 aliphatic rings. The second-order valence-electron chi connectivity index (χ2n) is 12.6. The summed E-state index contributed by atoms with van der Waals surface area (Å²) >= 11 is 0. The Morgan fingerprint density at radius 3 is 1.76 bits per heavy atom. The first kappa shape index (κ1) is 28.7. The lowest BCUT2D eigenvalue weighted by Crippen LogP contribution is -2.25. The Morgan fingerprint density at radius 2 is 1.04 bits per heavy atom. The van der Waals surface area contributed by atoms with Gasteiger partial charge >= 0.3 is 0 Å². The van der Waals surface area contributed by atoms with Crippen molar-refractivity contribution in [2.24, 2.45) is 0 Å². The van der Waals surface area contributed by atoms with Gasteiger partial charge in [-0.2, -0.15) is 0 Å². The van der Waals surface area contributed by atoms with E-state index in [1.54, 1.807) is 6.20 Å². The van der Waals surface area contributed by atoms with Crippen LogP contribution in [0.3, 0.4) is 0 Å². The maximum atomic E-state index is 15.5. The van der Waals surface area contributed by atoms with Crippen LogP contribution in [0.15, 0.2) is 164 Å². The molecule has 0 aliphatic heterocycles. The lowest BCUT2D eigenvalue weighted by Gasteiger charge is -2.23. The number of pyridine rings is 2. The monoisotopic (exact) mass is 658 g/mol. The van der Waals surface area contributed by atoms with Crippen LogP contribution in [0.2, 0.25) is 0 Å². The van der Waals surface area contributed by atoms with Crippen LogP contribution in [-0.4, -0.2) is 19.9 Å². The van der Waals surface area contributed by atoms with Crippen LogP contribution in [0, 0.1) is 0 Å². The molecule has 10 rings (SSSR count). The summed E-state index contributed by atoms with van der Waals surface area (Å²) in [6.45, 7) is 0. The molecule has 0 amide bonds. The summed E-state index contributed by atoms with van der Waals surface area (Å²) in [5, 5.41) is 11.2. The van der Waals surface area contributed by atoms with Gasteiger partial charge in [-0.3, -0.25) is 4.98 Å². The third-order valence-corrected chi connectivity index (χ3v) is 13.0. The molecule has 234 valence electrons.